The average Bonchev–Trinajstić information content (AvgIpc) is 3.13. The number of rotatable bonds is 6. The molecule has 0 spiro atoms. The van der Waals surface area contributed by atoms with Gasteiger partial charge in [-0.3, -0.25) is 5.32 Å². The highest BCUT2D eigenvalue weighted by atomic mass is 16.5. The maximum absolute atomic E-state index is 7.32. The fraction of sp³-hybridized carbons (Fsp3) is 0.611. The highest BCUT2D eigenvalue weighted by molar-refractivity contribution is 5.39. The van der Waals surface area contributed by atoms with Crippen LogP contribution < -0.4 is 14.8 Å². The van der Waals surface area contributed by atoms with Crippen LogP contribution in [0.25, 0.3) is 0 Å². The first-order valence-electron chi connectivity index (χ1n) is 8.18. The molecular formula is C18H26N2O2. The summed E-state index contributed by atoms with van der Waals surface area (Å²) < 4.78 is 12.0. The molecule has 4 nitrogen and oxygen atoms in total. The first-order chi connectivity index (χ1) is 10.8. The molecule has 22 heavy (non-hydrogen) atoms. The molecule has 3 unspecified atom stereocenters. The molecule has 2 fully saturated rings. The number of benzene rings is 1. The minimum Gasteiger partial charge on any atom is -0.486 e. The van der Waals surface area contributed by atoms with Crippen molar-refractivity contribution >= 4 is 0 Å². The van der Waals surface area contributed by atoms with Gasteiger partial charge < -0.3 is 9.47 Å². The van der Waals surface area contributed by atoms with E-state index in [9.17, 15) is 0 Å². The molecule has 2 saturated carbocycles. The van der Waals surface area contributed by atoms with Crippen molar-refractivity contribution in [3.05, 3.63) is 24.3 Å². The number of nitrogens with zero attached hydrogens (tertiary/aromatic N) is 1. The minimum atomic E-state index is 0.405. The largest absolute Gasteiger partial charge is 0.486 e. The lowest BCUT2D eigenvalue weighted by Gasteiger charge is -2.24. The predicted octanol–water partition coefficient (Wildman–Crippen LogP) is 3.73. The van der Waals surface area contributed by atoms with Crippen LogP contribution in [0.15, 0.2) is 24.3 Å². The smallest absolute Gasteiger partial charge is 0.163 e. The van der Waals surface area contributed by atoms with Gasteiger partial charge in [-0.25, -0.2) is 0 Å². The molecule has 2 aliphatic rings. The lowest BCUT2D eigenvalue weighted by molar-refractivity contribution is 0.131. The third-order valence-electron chi connectivity index (χ3n) is 4.38. The average molecular weight is 302 g/mol. The molecule has 1 N–H and O–H groups in total. The topological polar surface area (TPSA) is 54.3 Å². The minimum absolute atomic E-state index is 0.405. The predicted molar refractivity (Wildman–Crippen MR) is 86.8 cm³/mol. The summed E-state index contributed by atoms with van der Waals surface area (Å²) in [6.07, 6.45) is 5.75. The molecule has 4 heteroatoms. The van der Waals surface area contributed by atoms with E-state index >= 15 is 0 Å². The molecule has 0 heterocycles. The number of hydrogen-bond acceptors (Lipinski definition) is 4. The number of hydrogen-bond donors (Lipinski definition) is 1. The molecule has 2 aliphatic carbocycles. The van der Waals surface area contributed by atoms with E-state index in [4.69, 9.17) is 14.7 Å². The van der Waals surface area contributed by atoms with E-state index in [0.717, 1.165) is 29.9 Å². The molecule has 0 radical (unpaired) electrons. The third-order valence-corrected chi connectivity index (χ3v) is 4.38. The van der Waals surface area contributed by atoms with Crippen LogP contribution in [0.5, 0.6) is 11.5 Å². The van der Waals surface area contributed by atoms with Gasteiger partial charge in [-0.2, -0.15) is 5.26 Å². The Hall–Kier alpha value is -1.73. The highest BCUT2D eigenvalue weighted by Gasteiger charge is 2.41. The quantitative estimate of drug-likeness (QED) is 0.642. The second-order valence-corrected chi connectivity index (χ2v) is 5.89. The normalized spacial score (nSPS) is 25.0. The van der Waals surface area contributed by atoms with Crippen LogP contribution in [-0.4, -0.2) is 19.4 Å². The van der Waals surface area contributed by atoms with Gasteiger partial charge in [-0.05, 0) is 56.2 Å². The second kappa shape index (κ2) is 8.65. The SMILES string of the molecule is CC#N.CCNCOc1ccccc1OC1CC2CCC1C2. The molecule has 1 aromatic carbocycles. The zero-order chi connectivity index (χ0) is 15.8. The number of fused-ring (bicyclic) bond motifs is 2. The van der Waals surface area contributed by atoms with E-state index in [1.54, 1.807) is 6.07 Å². The van der Waals surface area contributed by atoms with E-state index in [-0.39, 0.29) is 0 Å². The maximum Gasteiger partial charge on any atom is 0.163 e. The molecular weight excluding hydrogens is 276 g/mol. The van der Waals surface area contributed by atoms with Gasteiger partial charge in [0.2, 0.25) is 0 Å². The zero-order valence-electron chi connectivity index (χ0n) is 13.5. The first-order valence-corrected chi connectivity index (χ1v) is 8.18. The van der Waals surface area contributed by atoms with Crippen molar-refractivity contribution < 1.29 is 9.47 Å². The van der Waals surface area contributed by atoms with Crippen LogP contribution in [0.2, 0.25) is 0 Å². The lowest BCUT2D eigenvalue weighted by Crippen LogP contribution is -2.24. The van der Waals surface area contributed by atoms with Crippen molar-refractivity contribution in [3.8, 4) is 17.6 Å². The molecule has 3 rings (SSSR count). The van der Waals surface area contributed by atoms with Gasteiger partial charge in [0, 0.05) is 6.92 Å². The first kappa shape index (κ1) is 16.6. The fourth-order valence-electron chi connectivity index (χ4n) is 3.39. The van der Waals surface area contributed by atoms with Gasteiger partial charge in [0.15, 0.2) is 11.5 Å². The van der Waals surface area contributed by atoms with Gasteiger partial charge >= 0.3 is 0 Å². The van der Waals surface area contributed by atoms with Gasteiger partial charge in [0.25, 0.3) is 0 Å². The highest BCUT2D eigenvalue weighted by Crippen LogP contribution is 2.46. The maximum atomic E-state index is 7.32. The van der Waals surface area contributed by atoms with Crippen LogP contribution >= 0.6 is 0 Å². The van der Waals surface area contributed by atoms with Crippen molar-refractivity contribution in [1.29, 1.82) is 5.26 Å². The molecule has 0 amide bonds. The summed E-state index contributed by atoms with van der Waals surface area (Å²) >= 11 is 0. The van der Waals surface area contributed by atoms with Gasteiger partial charge in [0.05, 0.1) is 6.07 Å². The molecule has 0 saturated heterocycles. The van der Waals surface area contributed by atoms with Crippen molar-refractivity contribution in [1.82, 2.24) is 5.32 Å². The zero-order valence-corrected chi connectivity index (χ0v) is 13.5. The van der Waals surface area contributed by atoms with E-state index in [0.29, 0.717) is 12.8 Å². The van der Waals surface area contributed by atoms with Crippen LogP contribution in [-0.2, 0) is 0 Å². The van der Waals surface area contributed by atoms with Gasteiger partial charge in [-0.1, -0.05) is 19.1 Å². The van der Waals surface area contributed by atoms with Crippen molar-refractivity contribution in [2.45, 2.75) is 45.6 Å². The Bertz CT molecular complexity index is 498. The molecule has 1 aromatic rings. The number of nitriles is 1. The molecule has 2 bridgehead atoms. The molecule has 0 aromatic heterocycles. The Morgan fingerprint density at radius 2 is 1.95 bits per heavy atom. The fourth-order valence-corrected chi connectivity index (χ4v) is 3.39. The molecule has 0 aliphatic heterocycles. The Balaban J connectivity index is 0.000000545. The Kier molecular flexibility index (Phi) is 6.54. The van der Waals surface area contributed by atoms with Crippen molar-refractivity contribution in [3.63, 3.8) is 0 Å². The number of para-hydroxylation sites is 2. The van der Waals surface area contributed by atoms with E-state index < -0.39 is 0 Å². The van der Waals surface area contributed by atoms with E-state index in [2.05, 4.69) is 12.2 Å². The van der Waals surface area contributed by atoms with Gasteiger partial charge in [-0.15, -0.1) is 0 Å². The Morgan fingerprint density at radius 3 is 2.55 bits per heavy atom. The summed E-state index contributed by atoms with van der Waals surface area (Å²) in [5, 5.41) is 10.5. The molecule has 3 atom stereocenters. The third kappa shape index (κ3) is 4.38. The van der Waals surface area contributed by atoms with Crippen LogP contribution in [0.4, 0.5) is 0 Å². The second-order valence-electron chi connectivity index (χ2n) is 5.89. The summed E-state index contributed by atoms with van der Waals surface area (Å²) in [6.45, 7) is 4.95. The lowest BCUT2D eigenvalue weighted by atomic mass is 9.98. The van der Waals surface area contributed by atoms with E-state index in [1.165, 1.54) is 32.6 Å². The van der Waals surface area contributed by atoms with E-state index in [1.807, 2.05) is 24.3 Å². The van der Waals surface area contributed by atoms with Crippen LogP contribution in [0.1, 0.15) is 39.5 Å². The van der Waals surface area contributed by atoms with Crippen molar-refractivity contribution in [2.24, 2.45) is 11.8 Å². The van der Waals surface area contributed by atoms with Crippen molar-refractivity contribution in [2.75, 3.05) is 13.3 Å². The number of nitrogens with one attached hydrogen (secondary N) is 1. The monoisotopic (exact) mass is 302 g/mol. The van der Waals surface area contributed by atoms with Crippen LogP contribution in [0, 0.1) is 23.2 Å². The summed E-state index contributed by atoms with van der Waals surface area (Å²) in [6, 6.07) is 9.77. The summed E-state index contributed by atoms with van der Waals surface area (Å²) in [7, 11) is 0. The number of ether oxygens (including phenoxy) is 2. The van der Waals surface area contributed by atoms with Crippen LogP contribution in [0.3, 0.4) is 0 Å². The summed E-state index contributed by atoms with van der Waals surface area (Å²) in [4.78, 5) is 0. The molecule has 120 valence electrons. The summed E-state index contributed by atoms with van der Waals surface area (Å²) in [5.41, 5.74) is 0. The Morgan fingerprint density at radius 1 is 1.23 bits per heavy atom. The standard InChI is InChI=1S/C16H23NO2.C2H3N/c1-2-17-11-18-14-5-3-4-6-15(14)19-16-10-12-7-8-13(16)9-12;1-2-3/h3-6,12-13,16-17H,2,7-11H2,1H3;1H3. The summed E-state index contributed by atoms with van der Waals surface area (Å²) in [5.74, 6) is 3.43. The van der Waals surface area contributed by atoms with Gasteiger partial charge in [0.1, 0.15) is 12.8 Å². The Labute approximate surface area is 133 Å².